The zero-order chi connectivity index (χ0) is 21.1. The van der Waals surface area contributed by atoms with Crippen LogP contribution in [-0.2, 0) is 19.2 Å². The summed E-state index contributed by atoms with van der Waals surface area (Å²) in [5.41, 5.74) is 5.48. The Kier molecular flexibility index (Phi) is 12.1. The van der Waals surface area contributed by atoms with E-state index in [0.29, 0.717) is 5.75 Å². The first-order chi connectivity index (χ1) is 12.5. The van der Waals surface area contributed by atoms with Gasteiger partial charge in [-0.15, -0.1) is 0 Å². The molecule has 0 bridgehead atoms. The summed E-state index contributed by atoms with van der Waals surface area (Å²) in [4.78, 5) is 47.4. The van der Waals surface area contributed by atoms with E-state index in [0.717, 1.165) is 0 Å². The van der Waals surface area contributed by atoms with Crippen LogP contribution in [0.1, 0.15) is 20.3 Å². The molecule has 0 aromatic carbocycles. The predicted octanol–water partition coefficient (Wildman–Crippen LogP) is -2.06. The van der Waals surface area contributed by atoms with Crippen LogP contribution in [0, 0.1) is 0 Å². The average Bonchev–Trinajstić information content (AvgIpc) is 2.61. The Morgan fingerprint density at radius 1 is 1.04 bits per heavy atom. The normalized spacial score (nSPS) is 16.4. The van der Waals surface area contributed by atoms with E-state index in [1.165, 1.54) is 25.6 Å². The molecule has 0 saturated carbocycles. The molecule has 10 nitrogen and oxygen atoms in total. The van der Waals surface area contributed by atoms with Gasteiger partial charge in [-0.3, -0.25) is 14.4 Å². The van der Waals surface area contributed by atoms with E-state index in [4.69, 9.17) is 10.8 Å². The van der Waals surface area contributed by atoms with Crippen molar-refractivity contribution < 1.29 is 29.4 Å². The lowest BCUT2D eigenvalue weighted by Crippen LogP contribution is -2.57. The highest BCUT2D eigenvalue weighted by molar-refractivity contribution is 7.98. The van der Waals surface area contributed by atoms with Gasteiger partial charge in [-0.25, -0.2) is 4.79 Å². The highest BCUT2D eigenvalue weighted by atomic mass is 32.2. The van der Waals surface area contributed by atoms with Gasteiger partial charge in [0.15, 0.2) is 0 Å². The standard InChI is InChI=1S/C15H28N4O6S2/c1-7(17-14(23)11(16)8(2)20)12(21)19-10(6-26)13(22)18-9(15(24)25)4-5-27-3/h7-11,20,26H,4-6,16H2,1-3H3,(H,17,23)(H,18,22)(H,19,21)(H,24,25). The van der Waals surface area contributed by atoms with Gasteiger partial charge in [0.05, 0.1) is 6.10 Å². The third-order valence-electron chi connectivity index (χ3n) is 3.62. The number of rotatable bonds is 12. The van der Waals surface area contributed by atoms with Crippen LogP contribution < -0.4 is 21.7 Å². The van der Waals surface area contributed by atoms with E-state index in [1.54, 1.807) is 0 Å². The molecule has 12 heteroatoms. The predicted molar refractivity (Wildman–Crippen MR) is 106 cm³/mol. The number of amides is 3. The Morgan fingerprint density at radius 2 is 1.59 bits per heavy atom. The number of carboxylic acids is 1. The Hall–Kier alpha value is -1.50. The summed E-state index contributed by atoms with van der Waals surface area (Å²) in [5, 5.41) is 25.5. The molecule has 5 unspecified atom stereocenters. The summed E-state index contributed by atoms with van der Waals surface area (Å²) in [6, 6.07) is -4.38. The van der Waals surface area contributed by atoms with Crippen molar-refractivity contribution in [3.63, 3.8) is 0 Å². The highest BCUT2D eigenvalue weighted by Gasteiger charge is 2.28. The Labute approximate surface area is 167 Å². The van der Waals surface area contributed by atoms with Gasteiger partial charge in [-0.05, 0) is 32.3 Å². The first kappa shape index (κ1) is 25.5. The molecule has 0 rings (SSSR count). The summed E-state index contributed by atoms with van der Waals surface area (Å²) >= 11 is 5.45. The number of nitrogens with two attached hydrogens (primary N) is 1. The minimum atomic E-state index is -1.20. The van der Waals surface area contributed by atoms with Crippen LogP contribution in [0.15, 0.2) is 0 Å². The molecule has 3 amide bonds. The monoisotopic (exact) mass is 424 g/mol. The Balaban J connectivity index is 4.79. The van der Waals surface area contributed by atoms with E-state index in [2.05, 4.69) is 28.6 Å². The van der Waals surface area contributed by atoms with Gasteiger partial charge in [0.2, 0.25) is 17.7 Å². The number of aliphatic hydroxyl groups excluding tert-OH is 1. The van der Waals surface area contributed by atoms with Crippen LogP contribution >= 0.6 is 24.4 Å². The number of thioether (sulfide) groups is 1. The number of hydrogen-bond acceptors (Lipinski definition) is 8. The second kappa shape index (κ2) is 12.8. The van der Waals surface area contributed by atoms with Crippen molar-refractivity contribution in [3.05, 3.63) is 0 Å². The molecule has 156 valence electrons. The fourth-order valence-corrected chi connectivity index (χ4v) is 2.58. The van der Waals surface area contributed by atoms with Crippen molar-refractivity contribution in [1.29, 1.82) is 0 Å². The molecule has 0 aromatic heterocycles. The minimum Gasteiger partial charge on any atom is -0.480 e. The van der Waals surface area contributed by atoms with Crippen LogP contribution in [0.4, 0.5) is 0 Å². The summed E-state index contributed by atoms with van der Waals surface area (Å²) in [5.74, 6) is -2.78. The first-order valence-corrected chi connectivity index (χ1v) is 10.2. The molecule has 0 aliphatic heterocycles. The molecule has 7 N–H and O–H groups in total. The van der Waals surface area contributed by atoms with E-state index in [-0.39, 0.29) is 12.2 Å². The lowest BCUT2D eigenvalue weighted by molar-refractivity contribution is -0.142. The summed E-state index contributed by atoms with van der Waals surface area (Å²) in [6.07, 6.45) is 0.959. The van der Waals surface area contributed by atoms with E-state index < -0.39 is 54.0 Å². The van der Waals surface area contributed by atoms with E-state index in [1.807, 2.05) is 6.26 Å². The lowest BCUT2D eigenvalue weighted by Gasteiger charge is -2.23. The minimum absolute atomic E-state index is 0.0692. The van der Waals surface area contributed by atoms with Gasteiger partial charge in [-0.2, -0.15) is 24.4 Å². The number of aliphatic carboxylic acids is 1. The number of nitrogens with one attached hydrogen (secondary N) is 3. The van der Waals surface area contributed by atoms with Crippen LogP contribution in [0.2, 0.25) is 0 Å². The van der Waals surface area contributed by atoms with Crippen LogP contribution in [0.3, 0.4) is 0 Å². The Morgan fingerprint density at radius 3 is 2.04 bits per heavy atom. The molecule has 0 aromatic rings. The largest absolute Gasteiger partial charge is 0.480 e. The maximum Gasteiger partial charge on any atom is 0.326 e. The number of carboxylic acid groups (broad SMARTS) is 1. The average molecular weight is 425 g/mol. The smallest absolute Gasteiger partial charge is 0.326 e. The summed E-state index contributed by atoms with van der Waals surface area (Å²) in [7, 11) is 0. The number of thiol groups is 1. The second-order valence-electron chi connectivity index (χ2n) is 5.92. The molecule has 0 fully saturated rings. The maximum atomic E-state index is 12.2. The molecule has 0 radical (unpaired) electrons. The third kappa shape index (κ3) is 9.31. The first-order valence-electron chi connectivity index (χ1n) is 8.22. The van der Waals surface area contributed by atoms with Gasteiger partial charge >= 0.3 is 5.97 Å². The van der Waals surface area contributed by atoms with Gasteiger partial charge < -0.3 is 31.9 Å². The number of aliphatic hydroxyl groups is 1. The van der Waals surface area contributed by atoms with Gasteiger partial charge in [-0.1, -0.05) is 0 Å². The molecular weight excluding hydrogens is 396 g/mol. The van der Waals surface area contributed by atoms with Crippen LogP contribution in [0.25, 0.3) is 0 Å². The number of carbonyl (C=O) groups is 4. The van der Waals surface area contributed by atoms with Crippen molar-refractivity contribution in [3.8, 4) is 0 Å². The van der Waals surface area contributed by atoms with Crippen LogP contribution in [0.5, 0.6) is 0 Å². The molecule has 0 aliphatic carbocycles. The van der Waals surface area contributed by atoms with Crippen molar-refractivity contribution in [2.75, 3.05) is 17.8 Å². The fourth-order valence-electron chi connectivity index (χ4n) is 1.85. The van der Waals surface area contributed by atoms with Crippen molar-refractivity contribution >= 4 is 48.1 Å². The van der Waals surface area contributed by atoms with Gasteiger partial charge in [0.25, 0.3) is 0 Å². The lowest BCUT2D eigenvalue weighted by atomic mass is 10.1. The zero-order valence-electron chi connectivity index (χ0n) is 15.5. The molecule has 0 saturated heterocycles. The molecule has 0 aliphatic rings. The summed E-state index contributed by atoms with van der Waals surface area (Å²) in [6.45, 7) is 2.72. The second-order valence-corrected chi connectivity index (χ2v) is 7.27. The zero-order valence-corrected chi connectivity index (χ0v) is 17.2. The fraction of sp³-hybridized carbons (Fsp3) is 0.733. The van der Waals surface area contributed by atoms with E-state index >= 15 is 0 Å². The van der Waals surface area contributed by atoms with Gasteiger partial charge in [0, 0.05) is 5.75 Å². The van der Waals surface area contributed by atoms with Crippen LogP contribution in [-0.4, -0.2) is 81.9 Å². The van der Waals surface area contributed by atoms with Gasteiger partial charge in [0.1, 0.15) is 24.2 Å². The molecule has 5 atom stereocenters. The maximum absolute atomic E-state index is 12.2. The quantitative estimate of drug-likeness (QED) is 0.175. The highest BCUT2D eigenvalue weighted by Crippen LogP contribution is 2.02. The summed E-state index contributed by atoms with van der Waals surface area (Å²) < 4.78 is 0. The SMILES string of the molecule is CSCCC(NC(=O)C(CS)NC(=O)C(C)NC(=O)C(N)C(C)O)C(=O)O. The van der Waals surface area contributed by atoms with Crippen molar-refractivity contribution in [2.24, 2.45) is 5.73 Å². The Bertz CT molecular complexity index is 534. The third-order valence-corrected chi connectivity index (χ3v) is 4.62. The van der Waals surface area contributed by atoms with E-state index in [9.17, 15) is 24.3 Å². The number of carbonyl (C=O) groups excluding carboxylic acids is 3. The number of hydrogen-bond donors (Lipinski definition) is 7. The van der Waals surface area contributed by atoms with Crippen molar-refractivity contribution in [1.82, 2.24) is 16.0 Å². The molecular formula is C15H28N4O6S2. The molecule has 27 heavy (non-hydrogen) atoms. The topological polar surface area (TPSA) is 171 Å². The molecule has 0 heterocycles. The van der Waals surface area contributed by atoms with Crippen molar-refractivity contribution in [2.45, 2.75) is 50.5 Å². The molecule has 0 spiro atoms.